The van der Waals surface area contributed by atoms with Gasteiger partial charge < -0.3 is 5.32 Å². The van der Waals surface area contributed by atoms with Gasteiger partial charge in [-0.15, -0.1) is 0 Å². The Bertz CT molecular complexity index is 1140. The zero-order chi connectivity index (χ0) is 23.4. The van der Waals surface area contributed by atoms with Crippen molar-refractivity contribution in [2.24, 2.45) is 5.92 Å². The number of halogens is 1. The molecule has 0 saturated carbocycles. The molecule has 4 heteroatoms. The van der Waals surface area contributed by atoms with Gasteiger partial charge in [0.1, 0.15) is 17.4 Å². The van der Waals surface area contributed by atoms with Crippen LogP contribution in [-0.4, -0.2) is 37.2 Å². The van der Waals surface area contributed by atoms with Gasteiger partial charge in [-0.3, -0.25) is 4.48 Å². The third kappa shape index (κ3) is 5.05. The second-order valence-corrected chi connectivity index (χ2v) is 10.3. The first-order valence-corrected chi connectivity index (χ1v) is 12.9. The molecule has 0 aliphatic carbocycles. The maximum atomic E-state index is 5.99. The summed E-state index contributed by atoms with van der Waals surface area (Å²) in [5.41, 5.74) is 5.44. The lowest BCUT2D eigenvalue weighted by Crippen LogP contribution is -2.64. The van der Waals surface area contributed by atoms with Crippen LogP contribution in [0.5, 0.6) is 0 Å². The van der Waals surface area contributed by atoms with Gasteiger partial charge in [-0.2, -0.15) is 0 Å². The van der Waals surface area contributed by atoms with E-state index in [0.717, 1.165) is 50.9 Å². The number of nitrogens with zero attached hydrogens (tertiary/aromatic N) is 2. The Labute approximate surface area is 208 Å². The standard InChI is InChI=1S/C30H33ClN3/c1-23-16-19-34(20-17-23,30-3-2-18-32-22-30)29-14-5-24(6-15-29)4-12-28-13-9-26(21-33-28)25-7-10-27(31)11-8-25/h5-11,13-15,21,23,30,32H,2-3,16-20,22H2,1H3/q+1. The van der Waals surface area contributed by atoms with E-state index in [4.69, 9.17) is 11.6 Å². The third-order valence-electron chi connectivity index (χ3n) is 7.67. The summed E-state index contributed by atoms with van der Waals surface area (Å²) in [5, 5.41) is 4.39. The van der Waals surface area contributed by atoms with Gasteiger partial charge in [0.05, 0.1) is 13.1 Å². The molecule has 0 amide bonds. The van der Waals surface area contributed by atoms with E-state index in [0.29, 0.717) is 6.04 Å². The number of rotatable bonds is 3. The molecule has 2 saturated heterocycles. The maximum absolute atomic E-state index is 5.99. The van der Waals surface area contributed by atoms with Gasteiger partial charge in [-0.05, 0) is 73.5 Å². The number of piperidine rings is 2. The van der Waals surface area contributed by atoms with Gasteiger partial charge in [0.25, 0.3) is 0 Å². The summed E-state index contributed by atoms with van der Waals surface area (Å²) >= 11 is 5.99. The fourth-order valence-corrected chi connectivity index (χ4v) is 5.63. The average molecular weight is 471 g/mol. The highest BCUT2D eigenvalue weighted by atomic mass is 35.5. The lowest BCUT2D eigenvalue weighted by atomic mass is 9.91. The lowest BCUT2D eigenvalue weighted by molar-refractivity contribution is 0.122. The molecule has 1 unspecified atom stereocenters. The van der Waals surface area contributed by atoms with Crippen LogP contribution in [-0.2, 0) is 0 Å². The summed E-state index contributed by atoms with van der Waals surface area (Å²) in [4.78, 5) is 4.55. The van der Waals surface area contributed by atoms with Crippen molar-refractivity contribution in [3.05, 3.63) is 83.1 Å². The quantitative estimate of drug-likeness (QED) is 0.359. The van der Waals surface area contributed by atoms with Crippen LogP contribution >= 0.6 is 11.6 Å². The van der Waals surface area contributed by atoms with E-state index in [9.17, 15) is 0 Å². The smallest absolute Gasteiger partial charge is 0.133 e. The SMILES string of the molecule is CC1CC[N+](c2ccc(C#Cc3ccc(-c4ccc(Cl)cc4)cn3)cc2)(C2CCCNC2)CC1. The van der Waals surface area contributed by atoms with Crippen LogP contribution in [0.15, 0.2) is 66.9 Å². The fraction of sp³-hybridized carbons (Fsp3) is 0.367. The predicted octanol–water partition coefficient (Wildman–Crippen LogP) is 6.29. The molecule has 3 nitrogen and oxygen atoms in total. The molecule has 0 spiro atoms. The molecular formula is C30H33ClN3+. The number of likely N-dealkylation sites (tertiary alicyclic amines) is 1. The van der Waals surface area contributed by atoms with Crippen LogP contribution in [0.4, 0.5) is 5.69 Å². The summed E-state index contributed by atoms with van der Waals surface area (Å²) in [6.07, 6.45) is 7.11. The summed E-state index contributed by atoms with van der Waals surface area (Å²) in [7, 11) is 0. The first-order chi connectivity index (χ1) is 16.6. The van der Waals surface area contributed by atoms with E-state index in [1.807, 2.05) is 36.5 Å². The molecule has 1 aromatic heterocycles. The number of quaternary nitrogens is 1. The van der Waals surface area contributed by atoms with E-state index in [2.05, 4.69) is 59.4 Å². The highest BCUT2D eigenvalue weighted by molar-refractivity contribution is 6.30. The summed E-state index contributed by atoms with van der Waals surface area (Å²) < 4.78 is 1.14. The Balaban J connectivity index is 1.32. The van der Waals surface area contributed by atoms with Crippen molar-refractivity contribution < 1.29 is 0 Å². The lowest BCUT2D eigenvalue weighted by Gasteiger charge is -2.49. The van der Waals surface area contributed by atoms with E-state index in [1.165, 1.54) is 44.5 Å². The number of nitrogens with one attached hydrogen (secondary N) is 1. The number of benzene rings is 2. The second kappa shape index (κ2) is 10.3. The molecule has 3 heterocycles. The number of hydrogen-bond acceptors (Lipinski definition) is 2. The van der Waals surface area contributed by atoms with Crippen molar-refractivity contribution >= 4 is 17.3 Å². The third-order valence-corrected chi connectivity index (χ3v) is 7.92. The highest BCUT2D eigenvalue weighted by Gasteiger charge is 2.42. The minimum Gasteiger partial charge on any atom is -0.311 e. The van der Waals surface area contributed by atoms with Gasteiger partial charge in [0.2, 0.25) is 0 Å². The molecule has 2 aliphatic rings. The predicted molar refractivity (Wildman–Crippen MR) is 143 cm³/mol. The fourth-order valence-electron chi connectivity index (χ4n) is 5.51. The van der Waals surface area contributed by atoms with Crippen molar-refractivity contribution in [3.8, 4) is 23.0 Å². The molecule has 2 fully saturated rings. The van der Waals surface area contributed by atoms with Crippen molar-refractivity contribution in [2.75, 3.05) is 26.2 Å². The largest absolute Gasteiger partial charge is 0.311 e. The summed E-state index contributed by atoms with van der Waals surface area (Å²) in [6.45, 7) is 7.20. The average Bonchev–Trinajstić information content (AvgIpc) is 2.90. The molecule has 34 heavy (non-hydrogen) atoms. The number of aromatic nitrogens is 1. The van der Waals surface area contributed by atoms with Gasteiger partial charge >= 0.3 is 0 Å². The number of pyridine rings is 1. The van der Waals surface area contributed by atoms with Crippen molar-refractivity contribution in [1.29, 1.82) is 0 Å². The van der Waals surface area contributed by atoms with E-state index < -0.39 is 0 Å². The summed E-state index contributed by atoms with van der Waals surface area (Å²) in [6, 6.07) is 21.6. The van der Waals surface area contributed by atoms with Crippen LogP contribution in [0.3, 0.4) is 0 Å². The highest BCUT2D eigenvalue weighted by Crippen LogP contribution is 2.35. The second-order valence-electron chi connectivity index (χ2n) is 9.90. The molecule has 3 aromatic rings. The molecular weight excluding hydrogens is 438 g/mol. The van der Waals surface area contributed by atoms with Gasteiger partial charge in [0.15, 0.2) is 0 Å². The molecule has 1 atom stereocenters. The molecule has 174 valence electrons. The van der Waals surface area contributed by atoms with Gasteiger partial charge in [-0.25, -0.2) is 4.98 Å². The zero-order valence-corrected chi connectivity index (χ0v) is 20.7. The van der Waals surface area contributed by atoms with E-state index >= 15 is 0 Å². The van der Waals surface area contributed by atoms with Crippen molar-refractivity contribution in [2.45, 2.75) is 38.6 Å². The maximum Gasteiger partial charge on any atom is 0.133 e. The zero-order valence-electron chi connectivity index (χ0n) is 19.9. The first-order valence-electron chi connectivity index (χ1n) is 12.5. The molecule has 5 rings (SSSR count). The Hall–Kier alpha value is -2.64. The molecule has 0 bridgehead atoms. The Morgan fingerprint density at radius 2 is 1.62 bits per heavy atom. The molecule has 2 aliphatic heterocycles. The van der Waals surface area contributed by atoms with Crippen LogP contribution in [0.1, 0.15) is 43.9 Å². The molecule has 1 N–H and O–H groups in total. The monoisotopic (exact) mass is 470 g/mol. The molecule has 2 aromatic carbocycles. The van der Waals surface area contributed by atoms with Crippen LogP contribution in [0.2, 0.25) is 5.02 Å². The minimum atomic E-state index is 0.682. The van der Waals surface area contributed by atoms with E-state index in [-0.39, 0.29) is 0 Å². The Kier molecular flexibility index (Phi) is 7.02. The topological polar surface area (TPSA) is 24.9 Å². The Morgan fingerprint density at radius 3 is 2.26 bits per heavy atom. The van der Waals surface area contributed by atoms with Gasteiger partial charge in [0, 0.05) is 47.4 Å². The normalized spacial score (nSPS) is 24.8. The van der Waals surface area contributed by atoms with Crippen molar-refractivity contribution in [1.82, 2.24) is 14.8 Å². The van der Waals surface area contributed by atoms with Crippen LogP contribution < -0.4 is 9.80 Å². The van der Waals surface area contributed by atoms with Crippen LogP contribution in [0.25, 0.3) is 11.1 Å². The molecule has 0 radical (unpaired) electrons. The first kappa shape index (κ1) is 23.1. The van der Waals surface area contributed by atoms with Gasteiger partial charge in [-0.1, -0.05) is 42.6 Å². The van der Waals surface area contributed by atoms with Crippen LogP contribution in [0, 0.1) is 17.8 Å². The van der Waals surface area contributed by atoms with Crippen molar-refractivity contribution in [3.63, 3.8) is 0 Å². The Morgan fingerprint density at radius 1 is 0.882 bits per heavy atom. The minimum absolute atomic E-state index is 0.682. The number of hydrogen-bond donors (Lipinski definition) is 1. The summed E-state index contributed by atoms with van der Waals surface area (Å²) in [5.74, 6) is 7.38. The van der Waals surface area contributed by atoms with E-state index in [1.54, 1.807) is 0 Å².